The van der Waals surface area contributed by atoms with Crippen molar-refractivity contribution in [2.75, 3.05) is 19.6 Å². The molecule has 1 saturated heterocycles. The smallest absolute Gasteiger partial charge is 0.337 e. The van der Waals surface area contributed by atoms with E-state index >= 15 is 0 Å². The first-order chi connectivity index (χ1) is 10.8. The highest BCUT2D eigenvalue weighted by atomic mass is 32.2. The van der Waals surface area contributed by atoms with Gasteiger partial charge in [0.25, 0.3) is 5.91 Å². The van der Waals surface area contributed by atoms with Gasteiger partial charge >= 0.3 is 5.76 Å². The minimum absolute atomic E-state index is 0.0607. The molecule has 1 aromatic carbocycles. The van der Waals surface area contributed by atoms with Crippen molar-refractivity contribution in [3.8, 4) is 0 Å². The second kappa shape index (κ2) is 7.33. The van der Waals surface area contributed by atoms with Gasteiger partial charge in [0.15, 0.2) is 0 Å². The largest absolute Gasteiger partial charge is 0.391 e. The molecular formula is C14H18F2N2O4S. The number of benzene rings is 1. The van der Waals surface area contributed by atoms with E-state index in [0.29, 0.717) is 25.2 Å². The third kappa shape index (κ3) is 4.69. The van der Waals surface area contributed by atoms with Gasteiger partial charge in [-0.3, -0.25) is 4.79 Å². The Hall–Kier alpha value is -1.58. The van der Waals surface area contributed by atoms with Crippen molar-refractivity contribution in [1.82, 2.24) is 10.6 Å². The van der Waals surface area contributed by atoms with Crippen LogP contribution in [-0.2, 0) is 15.6 Å². The Balaban J connectivity index is 1.92. The lowest BCUT2D eigenvalue weighted by Crippen LogP contribution is -2.34. The van der Waals surface area contributed by atoms with Crippen LogP contribution in [0.5, 0.6) is 0 Å². The van der Waals surface area contributed by atoms with Crippen LogP contribution in [0, 0.1) is 5.92 Å². The number of hydrogen-bond donors (Lipinski definition) is 3. The molecule has 1 fully saturated rings. The van der Waals surface area contributed by atoms with Crippen molar-refractivity contribution in [1.29, 1.82) is 0 Å². The Kier molecular flexibility index (Phi) is 5.66. The highest BCUT2D eigenvalue weighted by molar-refractivity contribution is 7.90. The zero-order valence-electron chi connectivity index (χ0n) is 12.2. The Morgan fingerprint density at radius 2 is 1.96 bits per heavy atom. The van der Waals surface area contributed by atoms with Gasteiger partial charge in [-0.1, -0.05) is 12.1 Å². The first kappa shape index (κ1) is 17.8. The summed E-state index contributed by atoms with van der Waals surface area (Å²) >= 11 is 0. The van der Waals surface area contributed by atoms with Crippen LogP contribution in [0.15, 0.2) is 24.3 Å². The molecule has 3 N–H and O–H groups in total. The maximum Gasteiger partial charge on any atom is 0.337 e. The molecule has 0 bridgehead atoms. The molecule has 1 aliphatic heterocycles. The summed E-state index contributed by atoms with van der Waals surface area (Å²) in [5, 5.41) is 15.3. The van der Waals surface area contributed by atoms with Crippen LogP contribution < -0.4 is 10.6 Å². The van der Waals surface area contributed by atoms with Crippen LogP contribution in [0.25, 0.3) is 0 Å². The highest BCUT2D eigenvalue weighted by Gasteiger charge is 2.26. The maximum atomic E-state index is 12.3. The van der Waals surface area contributed by atoms with E-state index in [1.165, 1.54) is 24.3 Å². The van der Waals surface area contributed by atoms with E-state index in [9.17, 15) is 27.1 Å². The molecule has 1 aliphatic rings. The lowest BCUT2D eigenvalue weighted by atomic mass is 10.1. The fourth-order valence-electron chi connectivity index (χ4n) is 2.30. The molecular weight excluding hydrogens is 330 g/mol. The summed E-state index contributed by atoms with van der Waals surface area (Å²) in [6.45, 7) is 1.42. The number of aliphatic hydroxyl groups excluding tert-OH is 1. The summed E-state index contributed by atoms with van der Waals surface area (Å²) in [6, 6.07) is 5.44. The number of carbonyl (C=O) groups excluding carboxylic acids is 1. The number of nitrogens with one attached hydrogen (secondary N) is 2. The number of carbonyl (C=O) groups is 1. The number of alkyl halides is 2. The maximum absolute atomic E-state index is 12.3. The lowest BCUT2D eigenvalue weighted by molar-refractivity contribution is 0.0927. The van der Waals surface area contributed by atoms with Gasteiger partial charge in [-0.2, -0.15) is 8.78 Å². The van der Waals surface area contributed by atoms with E-state index in [0.717, 1.165) is 0 Å². The number of halogens is 2. The highest BCUT2D eigenvalue weighted by Crippen LogP contribution is 2.14. The number of rotatable bonds is 6. The average Bonchev–Trinajstić information content (AvgIpc) is 2.90. The van der Waals surface area contributed by atoms with E-state index < -0.39 is 27.5 Å². The predicted octanol–water partition coefficient (Wildman–Crippen LogP) is 0.134. The summed E-state index contributed by atoms with van der Waals surface area (Å²) in [4.78, 5) is 12.0. The minimum atomic E-state index is -4.48. The van der Waals surface area contributed by atoms with Crippen LogP contribution in [0.1, 0.15) is 15.9 Å². The summed E-state index contributed by atoms with van der Waals surface area (Å²) in [6.07, 6.45) is -0.503. The average molecular weight is 348 g/mol. The Bertz CT molecular complexity index is 649. The van der Waals surface area contributed by atoms with Crippen molar-refractivity contribution in [3.05, 3.63) is 35.4 Å². The first-order valence-corrected chi connectivity index (χ1v) is 8.77. The second-order valence-corrected chi connectivity index (χ2v) is 7.43. The van der Waals surface area contributed by atoms with Crippen LogP contribution in [0.4, 0.5) is 8.78 Å². The van der Waals surface area contributed by atoms with Gasteiger partial charge in [0.05, 0.1) is 11.9 Å². The van der Waals surface area contributed by atoms with E-state index in [2.05, 4.69) is 10.6 Å². The third-order valence-electron chi connectivity index (χ3n) is 3.68. The number of hydrogen-bond acceptors (Lipinski definition) is 5. The van der Waals surface area contributed by atoms with Gasteiger partial charge in [0.2, 0.25) is 9.84 Å². The summed E-state index contributed by atoms with van der Waals surface area (Å²) < 4.78 is 46.9. The van der Waals surface area contributed by atoms with Crippen molar-refractivity contribution in [2.45, 2.75) is 17.6 Å². The van der Waals surface area contributed by atoms with Gasteiger partial charge in [0, 0.05) is 31.1 Å². The van der Waals surface area contributed by atoms with Gasteiger partial charge in [0.1, 0.15) is 0 Å². The molecule has 0 aliphatic carbocycles. The molecule has 9 heteroatoms. The number of β-amino-alcohol motifs (C(OH)–C–C–N with tert-alkyl or cyclic N) is 1. The fraction of sp³-hybridized carbons (Fsp3) is 0.500. The molecule has 0 aromatic heterocycles. The zero-order valence-corrected chi connectivity index (χ0v) is 13.0. The molecule has 6 nitrogen and oxygen atoms in total. The fourth-order valence-corrected chi connectivity index (χ4v) is 3.08. The molecule has 1 amide bonds. The van der Waals surface area contributed by atoms with Gasteiger partial charge in [-0.05, 0) is 17.7 Å². The van der Waals surface area contributed by atoms with Crippen LogP contribution in [0.2, 0.25) is 0 Å². The Morgan fingerprint density at radius 3 is 2.48 bits per heavy atom. The standard InChI is InChI=1S/C14H18F2N2O4S/c15-14(16)23(21,22)8-9-1-3-10(4-2-9)13(20)18-6-11-5-17-7-12(11)19/h1-4,11-12,14,17,19H,5-8H2,(H,18,20). The topological polar surface area (TPSA) is 95.5 Å². The Morgan fingerprint density at radius 1 is 1.30 bits per heavy atom. The number of sulfone groups is 1. The molecule has 0 saturated carbocycles. The van der Waals surface area contributed by atoms with E-state index in [1.54, 1.807) is 0 Å². The molecule has 0 radical (unpaired) electrons. The van der Waals surface area contributed by atoms with Crippen LogP contribution in [0.3, 0.4) is 0 Å². The van der Waals surface area contributed by atoms with Crippen LogP contribution in [-0.4, -0.2) is 50.9 Å². The van der Waals surface area contributed by atoms with Crippen molar-refractivity contribution >= 4 is 15.7 Å². The SMILES string of the molecule is O=C(NCC1CNCC1O)c1ccc(CS(=O)(=O)C(F)F)cc1. The molecule has 1 heterocycles. The van der Waals surface area contributed by atoms with Gasteiger partial charge < -0.3 is 15.7 Å². The molecule has 2 rings (SSSR count). The molecule has 2 atom stereocenters. The van der Waals surface area contributed by atoms with Crippen molar-refractivity contribution in [3.63, 3.8) is 0 Å². The third-order valence-corrected chi connectivity index (χ3v) is 4.96. The van der Waals surface area contributed by atoms with Gasteiger partial charge in [-0.15, -0.1) is 0 Å². The summed E-state index contributed by atoms with van der Waals surface area (Å²) in [5.41, 5.74) is 0.487. The van der Waals surface area contributed by atoms with Gasteiger partial charge in [-0.25, -0.2) is 8.42 Å². The quantitative estimate of drug-likeness (QED) is 0.679. The Labute approximate surface area is 132 Å². The molecule has 2 unspecified atom stereocenters. The molecule has 128 valence electrons. The number of aliphatic hydroxyl groups is 1. The predicted molar refractivity (Wildman–Crippen MR) is 79.8 cm³/mol. The van der Waals surface area contributed by atoms with E-state index in [-0.39, 0.29) is 17.4 Å². The zero-order chi connectivity index (χ0) is 17.0. The molecule has 1 aromatic rings. The monoisotopic (exact) mass is 348 g/mol. The lowest BCUT2D eigenvalue weighted by Gasteiger charge is -2.14. The summed E-state index contributed by atoms with van der Waals surface area (Å²) in [7, 11) is -4.48. The normalized spacial score (nSPS) is 21.6. The molecule has 23 heavy (non-hydrogen) atoms. The minimum Gasteiger partial charge on any atom is -0.391 e. The number of amides is 1. The summed E-state index contributed by atoms with van der Waals surface area (Å²) in [5.74, 6) is -4.62. The van der Waals surface area contributed by atoms with Crippen molar-refractivity contribution < 1.29 is 27.1 Å². The second-order valence-electron chi connectivity index (χ2n) is 5.46. The van der Waals surface area contributed by atoms with Crippen LogP contribution >= 0.6 is 0 Å². The van der Waals surface area contributed by atoms with E-state index in [4.69, 9.17) is 0 Å². The molecule has 0 spiro atoms. The first-order valence-electron chi connectivity index (χ1n) is 7.05. The van der Waals surface area contributed by atoms with Crippen molar-refractivity contribution in [2.24, 2.45) is 5.92 Å². The van der Waals surface area contributed by atoms with E-state index in [1.807, 2.05) is 0 Å².